The third kappa shape index (κ3) is 5.29. The molecule has 1 amide bonds. The minimum atomic E-state index is -3.49. The zero-order chi connectivity index (χ0) is 19.2. The van der Waals surface area contributed by atoms with Crippen molar-refractivity contribution in [3.05, 3.63) is 59.4 Å². The van der Waals surface area contributed by atoms with E-state index in [0.717, 1.165) is 23.1 Å². The Bertz CT molecular complexity index is 852. The number of carbonyl (C=O) groups is 1. The lowest BCUT2D eigenvalue weighted by atomic mass is 10.1. The van der Waals surface area contributed by atoms with Gasteiger partial charge >= 0.3 is 0 Å². The van der Waals surface area contributed by atoms with Crippen LogP contribution in [0.25, 0.3) is 0 Å². The fraction of sp³-hybridized carbons (Fsp3) is 0.368. The van der Waals surface area contributed by atoms with Crippen molar-refractivity contribution in [2.45, 2.75) is 33.2 Å². The average Bonchev–Trinajstić information content (AvgIpc) is 2.61. The highest BCUT2D eigenvalue weighted by molar-refractivity contribution is 7.92. The molecule has 1 aromatic heterocycles. The van der Waals surface area contributed by atoms with Crippen LogP contribution in [0.3, 0.4) is 0 Å². The summed E-state index contributed by atoms with van der Waals surface area (Å²) in [5.74, 6) is -0.193. The molecule has 0 saturated heterocycles. The van der Waals surface area contributed by atoms with E-state index >= 15 is 0 Å². The van der Waals surface area contributed by atoms with Gasteiger partial charge in [-0.25, -0.2) is 8.42 Å². The van der Waals surface area contributed by atoms with E-state index in [1.807, 2.05) is 44.2 Å². The van der Waals surface area contributed by atoms with Gasteiger partial charge in [-0.3, -0.25) is 14.1 Å². The highest BCUT2D eigenvalue weighted by Crippen LogP contribution is 2.28. The number of para-hydroxylation sites is 1. The number of nitrogens with one attached hydrogen (secondary N) is 1. The van der Waals surface area contributed by atoms with E-state index in [9.17, 15) is 13.2 Å². The van der Waals surface area contributed by atoms with Crippen LogP contribution in [0.1, 0.15) is 30.0 Å². The summed E-state index contributed by atoms with van der Waals surface area (Å²) in [5.41, 5.74) is 3.46. The summed E-state index contributed by atoms with van der Waals surface area (Å²) < 4.78 is 26.0. The van der Waals surface area contributed by atoms with Gasteiger partial charge in [-0.05, 0) is 42.2 Å². The molecule has 0 bridgehead atoms. The van der Waals surface area contributed by atoms with Crippen LogP contribution in [-0.2, 0) is 27.8 Å². The lowest BCUT2D eigenvalue weighted by Crippen LogP contribution is -2.35. The second kappa shape index (κ2) is 8.80. The van der Waals surface area contributed by atoms with Crippen molar-refractivity contribution < 1.29 is 13.2 Å². The number of hydrogen-bond acceptors (Lipinski definition) is 4. The Kier molecular flexibility index (Phi) is 6.74. The van der Waals surface area contributed by atoms with Crippen LogP contribution in [0.4, 0.5) is 5.69 Å². The maximum absolute atomic E-state index is 12.3. The van der Waals surface area contributed by atoms with E-state index in [4.69, 9.17) is 0 Å². The molecular formula is C19H25N3O3S. The molecule has 6 nitrogen and oxygen atoms in total. The highest BCUT2D eigenvalue weighted by atomic mass is 32.2. The number of benzene rings is 1. The van der Waals surface area contributed by atoms with Gasteiger partial charge in [-0.1, -0.05) is 25.1 Å². The van der Waals surface area contributed by atoms with Gasteiger partial charge in [-0.2, -0.15) is 0 Å². The molecule has 0 aliphatic heterocycles. The van der Waals surface area contributed by atoms with Crippen LogP contribution in [0, 0.1) is 6.92 Å². The monoisotopic (exact) mass is 375 g/mol. The van der Waals surface area contributed by atoms with Crippen LogP contribution >= 0.6 is 0 Å². The van der Waals surface area contributed by atoms with Crippen molar-refractivity contribution in [2.75, 3.05) is 17.1 Å². The molecule has 0 atom stereocenters. The summed E-state index contributed by atoms with van der Waals surface area (Å²) in [6, 6.07) is 9.37. The zero-order valence-corrected chi connectivity index (χ0v) is 16.2. The standard InChI is InChI=1S/C19H25N3O3S/c1-4-17-7-5-6-15(2)19(17)22(26(3,24)25)13-10-18(23)21-14-16-8-11-20-12-9-16/h5-9,11-12H,4,10,13-14H2,1-3H3,(H,21,23). The number of pyridine rings is 1. The lowest BCUT2D eigenvalue weighted by Gasteiger charge is -2.26. The van der Waals surface area contributed by atoms with Gasteiger partial charge in [0.15, 0.2) is 0 Å². The van der Waals surface area contributed by atoms with Gasteiger partial charge in [0.1, 0.15) is 0 Å². The number of rotatable bonds is 8. The van der Waals surface area contributed by atoms with Crippen LogP contribution in [0.2, 0.25) is 0 Å². The van der Waals surface area contributed by atoms with Gasteiger partial charge in [0.05, 0.1) is 11.9 Å². The number of nitrogens with zero attached hydrogens (tertiary/aromatic N) is 2. The number of amides is 1. The second-order valence-corrected chi connectivity index (χ2v) is 8.06. The molecule has 2 aromatic rings. The minimum Gasteiger partial charge on any atom is -0.352 e. The van der Waals surface area contributed by atoms with E-state index in [2.05, 4.69) is 10.3 Å². The Morgan fingerprint density at radius 1 is 1.19 bits per heavy atom. The number of carbonyl (C=O) groups excluding carboxylic acids is 1. The molecule has 0 unspecified atom stereocenters. The summed E-state index contributed by atoms with van der Waals surface area (Å²) in [4.78, 5) is 16.1. The smallest absolute Gasteiger partial charge is 0.232 e. The first-order valence-corrected chi connectivity index (χ1v) is 10.4. The number of aryl methyl sites for hydroxylation is 2. The Morgan fingerprint density at radius 2 is 1.88 bits per heavy atom. The Labute approximate surface area is 155 Å². The molecule has 140 valence electrons. The van der Waals surface area contributed by atoms with Crippen molar-refractivity contribution in [2.24, 2.45) is 0 Å². The van der Waals surface area contributed by atoms with Crippen molar-refractivity contribution >= 4 is 21.6 Å². The molecule has 0 aliphatic rings. The molecule has 0 radical (unpaired) electrons. The maximum Gasteiger partial charge on any atom is 0.232 e. The predicted molar refractivity (Wildman–Crippen MR) is 103 cm³/mol. The third-order valence-electron chi connectivity index (χ3n) is 4.13. The van der Waals surface area contributed by atoms with Gasteiger partial charge in [0.2, 0.25) is 15.9 Å². The molecule has 0 saturated carbocycles. The third-order valence-corrected chi connectivity index (χ3v) is 5.30. The summed E-state index contributed by atoms with van der Waals surface area (Å²) >= 11 is 0. The molecule has 0 fully saturated rings. The summed E-state index contributed by atoms with van der Waals surface area (Å²) in [7, 11) is -3.49. The van der Waals surface area contributed by atoms with Crippen molar-refractivity contribution in [1.82, 2.24) is 10.3 Å². The quantitative estimate of drug-likeness (QED) is 0.768. The van der Waals surface area contributed by atoms with Crippen molar-refractivity contribution in [1.29, 1.82) is 0 Å². The molecule has 1 N–H and O–H groups in total. The minimum absolute atomic E-state index is 0.0929. The molecular weight excluding hydrogens is 350 g/mol. The summed E-state index contributed by atoms with van der Waals surface area (Å²) in [6.45, 7) is 4.38. The lowest BCUT2D eigenvalue weighted by molar-refractivity contribution is -0.121. The normalized spacial score (nSPS) is 11.2. The SMILES string of the molecule is CCc1cccc(C)c1N(CCC(=O)NCc1ccncc1)S(C)(=O)=O. The van der Waals surface area contributed by atoms with Crippen LogP contribution in [0.15, 0.2) is 42.7 Å². The van der Waals surface area contributed by atoms with Crippen LogP contribution in [0.5, 0.6) is 0 Å². The second-order valence-electron chi connectivity index (χ2n) is 6.15. The topological polar surface area (TPSA) is 79.4 Å². The van der Waals surface area contributed by atoms with E-state index in [0.29, 0.717) is 12.2 Å². The van der Waals surface area contributed by atoms with E-state index in [1.165, 1.54) is 10.6 Å². The fourth-order valence-corrected chi connectivity index (χ4v) is 3.81. The molecule has 7 heteroatoms. The Balaban J connectivity index is 2.09. The van der Waals surface area contributed by atoms with Crippen LogP contribution < -0.4 is 9.62 Å². The molecule has 1 aromatic carbocycles. The van der Waals surface area contributed by atoms with Gasteiger partial charge in [0, 0.05) is 31.9 Å². The largest absolute Gasteiger partial charge is 0.352 e. The first-order valence-electron chi connectivity index (χ1n) is 8.54. The van der Waals surface area contributed by atoms with Crippen LogP contribution in [-0.4, -0.2) is 32.1 Å². The van der Waals surface area contributed by atoms with E-state index in [1.54, 1.807) is 12.4 Å². The number of sulfonamides is 1. The first-order chi connectivity index (χ1) is 12.3. The highest BCUT2D eigenvalue weighted by Gasteiger charge is 2.22. The maximum atomic E-state index is 12.3. The number of anilines is 1. The molecule has 1 heterocycles. The zero-order valence-electron chi connectivity index (χ0n) is 15.4. The number of hydrogen-bond donors (Lipinski definition) is 1. The van der Waals surface area contributed by atoms with Crippen molar-refractivity contribution in [3.63, 3.8) is 0 Å². The summed E-state index contributed by atoms with van der Waals surface area (Å²) in [5, 5.41) is 2.81. The number of aromatic nitrogens is 1. The fourth-order valence-electron chi connectivity index (χ4n) is 2.80. The molecule has 26 heavy (non-hydrogen) atoms. The molecule has 0 spiro atoms. The van der Waals surface area contributed by atoms with Gasteiger partial charge < -0.3 is 5.32 Å². The Morgan fingerprint density at radius 3 is 2.50 bits per heavy atom. The first kappa shape index (κ1) is 19.9. The molecule has 2 rings (SSSR count). The molecule has 0 aliphatic carbocycles. The Hall–Kier alpha value is -2.41. The van der Waals surface area contributed by atoms with E-state index < -0.39 is 10.0 Å². The average molecular weight is 375 g/mol. The summed E-state index contributed by atoms with van der Waals surface area (Å²) in [6.07, 6.45) is 5.31. The van der Waals surface area contributed by atoms with E-state index in [-0.39, 0.29) is 18.9 Å². The predicted octanol–water partition coefficient (Wildman–Crippen LogP) is 2.42. The van der Waals surface area contributed by atoms with Gasteiger partial charge in [-0.15, -0.1) is 0 Å². The van der Waals surface area contributed by atoms with Crippen molar-refractivity contribution in [3.8, 4) is 0 Å². The van der Waals surface area contributed by atoms with Gasteiger partial charge in [0.25, 0.3) is 0 Å².